The van der Waals surface area contributed by atoms with Gasteiger partial charge >= 0.3 is 0 Å². The Kier molecular flexibility index (Phi) is 4.46. The molecule has 0 aliphatic rings. The Bertz CT molecular complexity index is 611. The van der Waals surface area contributed by atoms with Crippen LogP contribution in [0.3, 0.4) is 0 Å². The van der Waals surface area contributed by atoms with Crippen molar-refractivity contribution in [2.75, 3.05) is 5.32 Å². The maximum atomic E-state index is 11.9. The number of carbonyl (C=O) groups excluding carboxylic acids is 1. The zero-order valence-electron chi connectivity index (χ0n) is 10.4. The third kappa shape index (κ3) is 3.98. The Morgan fingerprint density at radius 2 is 1.95 bits per heavy atom. The van der Waals surface area contributed by atoms with Gasteiger partial charge < -0.3 is 5.32 Å². The van der Waals surface area contributed by atoms with Gasteiger partial charge in [-0.2, -0.15) is 0 Å². The fourth-order valence-electron chi connectivity index (χ4n) is 1.71. The van der Waals surface area contributed by atoms with Crippen LogP contribution in [-0.4, -0.2) is 5.91 Å². The molecule has 0 saturated heterocycles. The Morgan fingerprint density at radius 3 is 2.63 bits per heavy atom. The maximum absolute atomic E-state index is 11.9. The van der Waals surface area contributed by atoms with Crippen molar-refractivity contribution in [1.29, 1.82) is 0 Å². The highest BCUT2D eigenvalue weighted by molar-refractivity contribution is 6.31. The number of aryl methyl sites for hydroxylation is 1. The van der Waals surface area contributed by atoms with E-state index in [0.717, 1.165) is 11.1 Å². The average Bonchev–Trinajstić information content (AvgIpc) is 2.34. The molecule has 0 radical (unpaired) electrons. The van der Waals surface area contributed by atoms with Crippen LogP contribution in [0, 0.1) is 6.92 Å². The topological polar surface area (TPSA) is 29.1 Å². The SMILES string of the molecule is Cc1ccc(NC(=O)Cc2cccc(Cl)c2)cc1Cl. The summed E-state index contributed by atoms with van der Waals surface area (Å²) in [4.78, 5) is 11.9. The minimum atomic E-state index is -0.0952. The normalized spacial score (nSPS) is 10.3. The highest BCUT2D eigenvalue weighted by atomic mass is 35.5. The van der Waals surface area contributed by atoms with Gasteiger partial charge in [-0.15, -0.1) is 0 Å². The van der Waals surface area contributed by atoms with Crippen LogP contribution in [0.15, 0.2) is 42.5 Å². The summed E-state index contributed by atoms with van der Waals surface area (Å²) < 4.78 is 0. The second kappa shape index (κ2) is 6.09. The molecule has 2 aromatic carbocycles. The van der Waals surface area contributed by atoms with Crippen LogP contribution in [0.4, 0.5) is 5.69 Å². The van der Waals surface area contributed by atoms with Gasteiger partial charge in [0.05, 0.1) is 6.42 Å². The van der Waals surface area contributed by atoms with Crippen molar-refractivity contribution < 1.29 is 4.79 Å². The predicted molar refractivity (Wildman–Crippen MR) is 80.0 cm³/mol. The van der Waals surface area contributed by atoms with Crippen LogP contribution in [0.1, 0.15) is 11.1 Å². The van der Waals surface area contributed by atoms with E-state index in [-0.39, 0.29) is 12.3 Å². The fourth-order valence-corrected chi connectivity index (χ4v) is 2.10. The molecule has 2 nitrogen and oxygen atoms in total. The van der Waals surface area contributed by atoms with Crippen LogP contribution < -0.4 is 5.32 Å². The lowest BCUT2D eigenvalue weighted by Gasteiger charge is -2.07. The molecule has 1 N–H and O–H groups in total. The molecule has 0 heterocycles. The minimum Gasteiger partial charge on any atom is -0.326 e. The first-order chi connectivity index (χ1) is 9.04. The van der Waals surface area contributed by atoms with E-state index in [2.05, 4.69) is 5.32 Å². The first kappa shape index (κ1) is 13.9. The molecule has 0 aliphatic heterocycles. The van der Waals surface area contributed by atoms with Gasteiger partial charge in [-0.3, -0.25) is 4.79 Å². The van der Waals surface area contributed by atoms with Gasteiger partial charge in [0.25, 0.3) is 0 Å². The highest BCUT2D eigenvalue weighted by Gasteiger charge is 2.05. The summed E-state index contributed by atoms with van der Waals surface area (Å²) in [6, 6.07) is 12.7. The Morgan fingerprint density at radius 1 is 1.16 bits per heavy atom. The number of halogens is 2. The van der Waals surface area contributed by atoms with Crippen molar-refractivity contribution >= 4 is 34.8 Å². The lowest BCUT2D eigenvalue weighted by Crippen LogP contribution is -2.14. The molecule has 0 aliphatic carbocycles. The quantitative estimate of drug-likeness (QED) is 0.888. The summed E-state index contributed by atoms with van der Waals surface area (Å²) in [6.07, 6.45) is 0.284. The van der Waals surface area contributed by atoms with Crippen LogP contribution in [0.25, 0.3) is 0 Å². The van der Waals surface area contributed by atoms with Gasteiger partial charge in [-0.1, -0.05) is 41.4 Å². The number of amides is 1. The van der Waals surface area contributed by atoms with Gasteiger partial charge in [-0.05, 0) is 42.3 Å². The zero-order valence-corrected chi connectivity index (χ0v) is 11.9. The van der Waals surface area contributed by atoms with Crippen molar-refractivity contribution in [3.8, 4) is 0 Å². The van der Waals surface area contributed by atoms with Crippen molar-refractivity contribution in [2.24, 2.45) is 0 Å². The van der Waals surface area contributed by atoms with E-state index < -0.39 is 0 Å². The molecule has 98 valence electrons. The molecule has 2 rings (SSSR count). The molecule has 4 heteroatoms. The number of rotatable bonds is 3. The van der Waals surface area contributed by atoms with Crippen molar-refractivity contribution in [3.05, 3.63) is 63.6 Å². The number of anilines is 1. The summed E-state index contributed by atoms with van der Waals surface area (Å²) >= 11 is 11.9. The summed E-state index contributed by atoms with van der Waals surface area (Å²) in [5.41, 5.74) is 2.56. The number of nitrogens with one attached hydrogen (secondary N) is 1. The first-order valence-electron chi connectivity index (χ1n) is 5.85. The van der Waals surface area contributed by atoms with Gasteiger partial charge in [-0.25, -0.2) is 0 Å². The monoisotopic (exact) mass is 293 g/mol. The Hall–Kier alpha value is -1.51. The fraction of sp³-hybridized carbons (Fsp3) is 0.133. The minimum absolute atomic E-state index is 0.0952. The van der Waals surface area contributed by atoms with Crippen molar-refractivity contribution in [2.45, 2.75) is 13.3 Å². The number of hydrogen-bond donors (Lipinski definition) is 1. The second-order valence-electron chi connectivity index (χ2n) is 4.32. The van der Waals surface area contributed by atoms with Crippen molar-refractivity contribution in [3.63, 3.8) is 0 Å². The third-order valence-electron chi connectivity index (χ3n) is 2.71. The lowest BCUT2D eigenvalue weighted by atomic mass is 10.1. The van der Waals surface area contributed by atoms with E-state index in [0.29, 0.717) is 15.7 Å². The molecule has 2 aromatic rings. The van der Waals surface area contributed by atoms with Gasteiger partial charge in [0, 0.05) is 15.7 Å². The molecule has 0 aromatic heterocycles. The van der Waals surface area contributed by atoms with Crippen LogP contribution in [0.5, 0.6) is 0 Å². The molecule has 0 unspecified atom stereocenters. The summed E-state index contributed by atoms with van der Waals surface area (Å²) in [6.45, 7) is 1.92. The van der Waals surface area contributed by atoms with Crippen LogP contribution >= 0.6 is 23.2 Å². The molecular weight excluding hydrogens is 281 g/mol. The van der Waals surface area contributed by atoms with E-state index in [1.54, 1.807) is 18.2 Å². The molecule has 0 bridgehead atoms. The molecule has 0 spiro atoms. The predicted octanol–water partition coefficient (Wildman–Crippen LogP) is 4.48. The van der Waals surface area contributed by atoms with Gasteiger partial charge in [0.2, 0.25) is 5.91 Å². The number of hydrogen-bond acceptors (Lipinski definition) is 1. The maximum Gasteiger partial charge on any atom is 0.228 e. The van der Waals surface area contributed by atoms with E-state index in [1.807, 2.05) is 31.2 Å². The van der Waals surface area contributed by atoms with E-state index in [4.69, 9.17) is 23.2 Å². The van der Waals surface area contributed by atoms with Crippen molar-refractivity contribution in [1.82, 2.24) is 0 Å². The smallest absolute Gasteiger partial charge is 0.228 e. The van der Waals surface area contributed by atoms with Crippen LogP contribution in [-0.2, 0) is 11.2 Å². The van der Waals surface area contributed by atoms with E-state index in [9.17, 15) is 4.79 Å². The Labute approximate surface area is 122 Å². The van der Waals surface area contributed by atoms with Gasteiger partial charge in [0.1, 0.15) is 0 Å². The number of benzene rings is 2. The summed E-state index contributed by atoms with van der Waals surface area (Å²) in [7, 11) is 0. The second-order valence-corrected chi connectivity index (χ2v) is 5.16. The standard InChI is InChI=1S/C15H13Cl2NO/c1-10-5-6-13(9-14(10)17)18-15(19)8-11-3-2-4-12(16)7-11/h2-7,9H,8H2,1H3,(H,18,19). The molecule has 0 atom stereocenters. The van der Waals surface area contributed by atoms with Gasteiger partial charge in [0.15, 0.2) is 0 Å². The first-order valence-corrected chi connectivity index (χ1v) is 6.60. The third-order valence-corrected chi connectivity index (χ3v) is 3.35. The highest BCUT2D eigenvalue weighted by Crippen LogP contribution is 2.20. The molecule has 1 amide bonds. The zero-order chi connectivity index (χ0) is 13.8. The molecule has 0 saturated carbocycles. The molecule has 19 heavy (non-hydrogen) atoms. The summed E-state index contributed by atoms with van der Waals surface area (Å²) in [5, 5.41) is 4.08. The summed E-state index contributed by atoms with van der Waals surface area (Å²) in [5.74, 6) is -0.0952. The Balaban J connectivity index is 2.03. The number of carbonyl (C=O) groups is 1. The lowest BCUT2D eigenvalue weighted by molar-refractivity contribution is -0.115. The average molecular weight is 294 g/mol. The molecular formula is C15H13Cl2NO. The largest absolute Gasteiger partial charge is 0.326 e. The van der Waals surface area contributed by atoms with Crippen LogP contribution in [0.2, 0.25) is 10.0 Å². The molecule has 0 fully saturated rings. The van der Waals surface area contributed by atoms with E-state index in [1.165, 1.54) is 0 Å². The van der Waals surface area contributed by atoms with E-state index >= 15 is 0 Å².